The van der Waals surface area contributed by atoms with Gasteiger partial charge >= 0.3 is 5.97 Å². The summed E-state index contributed by atoms with van der Waals surface area (Å²) in [6.45, 7) is 0. The van der Waals surface area contributed by atoms with Gasteiger partial charge in [0.25, 0.3) is 5.91 Å². The first kappa shape index (κ1) is 23.5. The van der Waals surface area contributed by atoms with Crippen LogP contribution in [0.3, 0.4) is 0 Å². The van der Waals surface area contributed by atoms with Crippen LogP contribution < -0.4 is 10.6 Å². The molecule has 0 aliphatic heterocycles. The zero-order valence-electron chi connectivity index (χ0n) is 18.2. The van der Waals surface area contributed by atoms with Crippen LogP contribution in [-0.2, 0) is 27.2 Å². The SMILES string of the molecule is COC(=O)C(Cc1ccc(O)cc1)NC(=O)C(Cc1ccccc1)NC(=O)c1ccccc1. The third-order valence-electron chi connectivity index (χ3n) is 5.12. The van der Waals surface area contributed by atoms with Gasteiger partial charge in [0.05, 0.1) is 7.11 Å². The second-order valence-corrected chi connectivity index (χ2v) is 7.54. The molecule has 7 nitrogen and oxygen atoms in total. The molecule has 0 saturated carbocycles. The Hall–Kier alpha value is -4.13. The van der Waals surface area contributed by atoms with Crippen molar-refractivity contribution in [1.29, 1.82) is 0 Å². The van der Waals surface area contributed by atoms with E-state index in [9.17, 15) is 19.5 Å². The van der Waals surface area contributed by atoms with Gasteiger partial charge < -0.3 is 20.5 Å². The van der Waals surface area contributed by atoms with Crippen molar-refractivity contribution < 1.29 is 24.2 Å². The monoisotopic (exact) mass is 446 g/mol. The van der Waals surface area contributed by atoms with Gasteiger partial charge in [-0.2, -0.15) is 0 Å². The van der Waals surface area contributed by atoms with E-state index in [-0.39, 0.29) is 24.5 Å². The van der Waals surface area contributed by atoms with Crippen LogP contribution in [0.4, 0.5) is 0 Å². The van der Waals surface area contributed by atoms with Crippen molar-refractivity contribution in [2.24, 2.45) is 0 Å². The minimum absolute atomic E-state index is 0.101. The summed E-state index contributed by atoms with van der Waals surface area (Å²) in [5.74, 6) is -1.40. The van der Waals surface area contributed by atoms with Crippen LogP contribution in [0, 0.1) is 0 Å². The molecule has 7 heteroatoms. The van der Waals surface area contributed by atoms with E-state index in [0.717, 1.165) is 11.1 Å². The fraction of sp³-hybridized carbons (Fsp3) is 0.192. The second kappa shape index (κ2) is 11.5. The lowest BCUT2D eigenvalue weighted by Crippen LogP contribution is -2.53. The Balaban J connectivity index is 1.79. The molecule has 0 radical (unpaired) electrons. The van der Waals surface area contributed by atoms with Crippen molar-refractivity contribution in [3.63, 3.8) is 0 Å². The van der Waals surface area contributed by atoms with E-state index in [0.29, 0.717) is 5.56 Å². The number of nitrogens with one attached hydrogen (secondary N) is 2. The topological polar surface area (TPSA) is 105 Å². The molecule has 2 unspecified atom stereocenters. The molecule has 3 aromatic carbocycles. The first-order valence-corrected chi connectivity index (χ1v) is 10.5. The standard InChI is InChI=1S/C26H26N2O5/c1-33-26(32)23(17-19-12-14-21(29)15-13-19)28-25(31)22(16-18-8-4-2-5-9-18)27-24(30)20-10-6-3-7-11-20/h2-15,22-23,29H,16-17H2,1H3,(H,27,30)(H,28,31). The Kier molecular flexibility index (Phi) is 8.18. The maximum atomic E-state index is 13.2. The number of methoxy groups -OCH3 is 1. The van der Waals surface area contributed by atoms with E-state index in [2.05, 4.69) is 10.6 Å². The fourth-order valence-electron chi connectivity index (χ4n) is 3.37. The molecule has 0 aliphatic carbocycles. The minimum atomic E-state index is -0.959. The number of carbonyl (C=O) groups excluding carboxylic acids is 3. The summed E-state index contributed by atoms with van der Waals surface area (Å²) in [6.07, 6.45) is 0.418. The molecule has 0 heterocycles. The molecule has 2 amide bonds. The third kappa shape index (κ3) is 6.93. The van der Waals surface area contributed by atoms with Gasteiger partial charge in [0.15, 0.2) is 0 Å². The molecule has 0 bridgehead atoms. The maximum absolute atomic E-state index is 13.2. The van der Waals surface area contributed by atoms with Crippen molar-refractivity contribution >= 4 is 17.8 Å². The molecule has 0 fully saturated rings. The predicted molar refractivity (Wildman–Crippen MR) is 124 cm³/mol. The van der Waals surface area contributed by atoms with Gasteiger partial charge in [-0.3, -0.25) is 9.59 Å². The normalized spacial score (nSPS) is 12.3. The molecular formula is C26H26N2O5. The van der Waals surface area contributed by atoms with E-state index in [4.69, 9.17) is 4.74 Å². The van der Waals surface area contributed by atoms with Crippen LogP contribution in [0.5, 0.6) is 5.75 Å². The van der Waals surface area contributed by atoms with Crippen molar-refractivity contribution in [3.8, 4) is 5.75 Å². The molecule has 33 heavy (non-hydrogen) atoms. The quantitative estimate of drug-likeness (QED) is 0.439. The average Bonchev–Trinajstić information content (AvgIpc) is 2.85. The van der Waals surface area contributed by atoms with Gasteiger partial charge in [-0.15, -0.1) is 0 Å². The molecule has 2 atom stereocenters. The molecule has 3 N–H and O–H groups in total. The molecule has 0 saturated heterocycles. The molecule has 0 spiro atoms. The van der Waals surface area contributed by atoms with Gasteiger partial charge in [-0.1, -0.05) is 60.7 Å². The summed E-state index contributed by atoms with van der Waals surface area (Å²) in [6, 6.07) is 22.4. The zero-order chi connectivity index (χ0) is 23.6. The Labute approximate surface area is 192 Å². The lowest BCUT2D eigenvalue weighted by atomic mass is 10.0. The average molecular weight is 447 g/mol. The Bertz CT molecular complexity index is 1070. The van der Waals surface area contributed by atoms with Crippen LogP contribution >= 0.6 is 0 Å². The van der Waals surface area contributed by atoms with Crippen LogP contribution in [0.2, 0.25) is 0 Å². The molecule has 170 valence electrons. The number of benzene rings is 3. The van der Waals surface area contributed by atoms with Crippen molar-refractivity contribution in [2.45, 2.75) is 24.9 Å². The largest absolute Gasteiger partial charge is 0.508 e. The van der Waals surface area contributed by atoms with Crippen LogP contribution in [0.15, 0.2) is 84.9 Å². The first-order chi connectivity index (χ1) is 16.0. The molecule has 3 rings (SSSR count). The van der Waals surface area contributed by atoms with E-state index in [1.54, 1.807) is 42.5 Å². The van der Waals surface area contributed by atoms with Gasteiger partial charge in [0.1, 0.15) is 17.8 Å². The highest BCUT2D eigenvalue weighted by Gasteiger charge is 2.28. The smallest absolute Gasteiger partial charge is 0.328 e. The third-order valence-corrected chi connectivity index (χ3v) is 5.12. The summed E-state index contributed by atoms with van der Waals surface area (Å²) < 4.78 is 4.87. The lowest BCUT2D eigenvalue weighted by molar-refractivity contribution is -0.145. The summed E-state index contributed by atoms with van der Waals surface area (Å²) in [5.41, 5.74) is 2.02. The summed E-state index contributed by atoms with van der Waals surface area (Å²) in [7, 11) is 1.25. The zero-order valence-corrected chi connectivity index (χ0v) is 18.2. The molecule has 0 aliphatic rings. The first-order valence-electron chi connectivity index (χ1n) is 10.5. The predicted octanol–water partition coefficient (Wildman–Crippen LogP) is 2.63. The minimum Gasteiger partial charge on any atom is -0.508 e. The van der Waals surface area contributed by atoms with E-state index >= 15 is 0 Å². The van der Waals surface area contributed by atoms with Crippen LogP contribution in [-0.4, -0.2) is 42.1 Å². The number of hydrogen-bond acceptors (Lipinski definition) is 5. The molecule has 0 aromatic heterocycles. The number of rotatable bonds is 9. The number of phenols is 1. The number of phenolic OH excluding ortho intramolecular Hbond substituents is 1. The van der Waals surface area contributed by atoms with Gasteiger partial charge in [0.2, 0.25) is 5.91 Å². The number of aromatic hydroxyl groups is 1. The molecular weight excluding hydrogens is 420 g/mol. The summed E-state index contributed by atoms with van der Waals surface area (Å²) in [4.78, 5) is 38.3. The van der Waals surface area contributed by atoms with E-state index in [1.807, 2.05) is 30.3 Å². The highest BCUT2D eigenvalue weighted by atomic mass is 16.5. The summed E-state index contributed by atoms with van der Waals surface area (Å²) in [5, 5.41) is 15.0. The van der Waals surface area contributed by atoms with Crippen molar-refractivity contribution in [2.75, 3.05) is 7.11 Å². The van der Waals surface area contributed by atoms with Gasteiger partial charge in [0, 0.05) is 18.4 Å². The van der Waals surface area contributed by atoms with Crippen molar-refractivity contribution in [3.05, 3.63) is 102 Å². The van der Waals surface area contributed by atoms with Gasteiger partial charge in [-0.05, 0) is 35.4 Å². The van der Waals surface area contributed by atoms with E-state index < -0.39 is 24.0 Å². The fourth-order valence-corrected chi connectivity index (χ4v) is 3.37. The van der Waals surface area contributed by atoms with E-state index in [1.165, 1.54) is 19.2 Å². The highest BCUT2D eigenvalue weighted by molar-refractivity contribution is 5.98. The van der Waals surface area contributed by atoms with Crippen LogP contribution in [0.25, 0.3) is 0 Å². The highest BCUT2D eigenvalue weighted by Crippen LogP contribution is 2.13. The lowest BCUT2D eigenvalue weighted by Gasteiger charge is -2.22. The number of ether oxygens (including phenoxy) is 1. The number of hydrogen-bond donors (Lipinski definition) is 3. The maximum Gasteiger partial charge on any atom is 0.328 e. The summed E-state index contributed by atoms with van der Waals surface area (Å²) >= 11 is 0. The number of carbonyl (C=O) groups is 3. The Morgan fingerprint density at radius 2 is 1.30 bits per heavy atom. The van der Waals surface area contributed by atoms with Gasteiger partial charge in [-0.25, -0.2) is 4.79 Å². The molecule has 3 aromatic rings. The Morgan fingerprint density at radius 3 is 1.91 bits per heavy atom. The van der Waals surface area contributed by atoms with Crippen molar-refractivity contribution in [1.82, 2.24) is 10.6 Å². The number of esters is 1. The van der Waals surface area contributed by atoms with Crippen LogP contribution in [0.1, 0.15) is 21.5 Å². The Morgan fingerprint density at radius 1 is 0.758 bits per heavy atom. The number of amides is 2. The second-order valence-electron chi connectivity index (χ2n) is 7.54.